The number of aromatic nitrogens is 3. The monoisotopic (exact) mass is 288 g/mol. The molecule has 20 heavy (non-hydrogen) atoms. The van der Waals surface area contributed by atoms with Crippen molar-refractivity contribution < 1.29 is 0 Å². The Balaban J connectivity index is 1.85. The maximum Gasteiger partial charge on any atom is 0.208 e. The predicted octanol–water partition coefficient (Wildman–Crippen LogP) is 3.35. The Morgan fingerprint density at radius 1 is 1.30 bits per heavy atom. The zero-order valence-electron chi connectivity index (χ0n) is 12.0. The van der Waals surface area contributed by atoms with Crippen LogP contribution in [-0.2, 0) is 0 Å². The Morgan fingerprint density at radius 3 is 2.80 bits per heavy atom. The zero-order chi connectivity index (χ0) is 13.9. The largest absolute Gasteiger partial charge is 0.297 e. The predicted molar refractivity (Wildman–Crippen MR) is 82.8 cm³/mol. The molecule has 1 aromatic heterocycles. The first-order chi connectivity index (χ1) is 9.78. The summed E-state index contributed by atoms with van der Waals surface area (Å²) in [5.74, 6) is 0.852. The van der Waals surface area contributed by atoms with Gasteiger partial charge in [-0.3, -0.25) is 10.00 Å². The van der Waals surface area contributed by atoms with Crippen LogP contribution in [0.15, 0.2) is 29.4 Å². The van der Waals surface area contributed by atoms with Crippen LogP contribution in [-0.4, -0.2) is 39.4 Å². The fourth-order valence-electron chi connectivity index (χ4n) is 2.75. The molecule has 106 valence electrons. The third kappa shape index (κ3) is 2.74. The Labute approximate surface area is 124 Å². The van der Waals surface area contributed by atoms with E-state index in [1.807, 2.05) is 6.26 Å². The summed E-state index contributed by atoms with van der Waals surface area (Å²) in [6.07, 6.45) is 4.63. The maximum absolute atomic E-state index is 4.48. The van der Waals surface area contributed by atoms with E-state index in [1.165, 1.54) is 31.5 Å². The van der Waals surface area contributed by atoms with Crippen molar-refractivity contribution in [2.75, 3.05) is 19.3 Å². The minimum Gasteiger partial charge on any atom is -0.297 e. The number of thioether (sulfide) groups is 1. The van der Waals surface area contributed by atoms with Gasteiger partial charge in [0.15, 0.2) is 5.82 Å². The van der Waals surface area contributed by atoms with E-state index in [9.17, 15) is 0 Å². The maximum atomic E-state index is 4.48. The summed E-state index contributed by atoms with van der Waals surface area (Å²) >= 11 is 1.55. The van der Waals surface area contributed by atoms with Crippen molar-refractivity contribution in [1.29, 1.82) is 0 Å². The first-order valence-corrected chi connectivity index (χ1v) is 8.31. The SMILES string of the molecule is CSc1n[nH]c(-c2cccc([C@H](C)N3CCCC3)c2)n1. The lowest BCUT2D eigenvalue weighted by Crippen LogP contribution is -2.23. The van der Waals surface area contributed by atoms with Crippen LogP contribution in [0.25, 0.3) is 11.4 Å². The number of rotatable bonds is 4. The molecular formula is C15H20N4S. The molecule has 1 fully saturated rings. The van der Waals surface area contributed by atoms with Crippen molar-refractivity contribution >= 4 is 11.8 Å². The van der Waals surface area contributed by atoms with Gasteiger partial charge in [0.2, 0.25) is 5.16 Å². The summed E-state index contributed by atoms with van der Waals surface area (Å²) in [7, 11) is 0. The molecule has 1 N–H and O–H groups in total. The van der Waals surface area contributed by atoms with Crippen molar-refractivity contribution in [3.63, 3.8) is 0 Å². The van der Waals surface area contributed by atoms with Gasteiger partial charge < -0.3 is 0 Å². The molecule has 1 aliphatic rings. The molecule has 4 nitrogen and oxygen atoms in total. The average Bonchev–Trinajstić information content (AvgIpc) is 3.17. The van der Waals surface area contributed by atoms with Gasteiger partial charge in [0.1, 0.15) is 0 Å². The molecular weight excluding hydrogens is 268 g/mol. The molecule has 0 unspecified atom stereocenters. The number of hydrogen-bond donors (Lipinski definition) is 1. The quantitative estimate of drug-likeness (QED) is 0.876. The smallest absolute Gasteiger partial charge is 0.208 e. The van der Waals surface area contributed by atoms with Crippen LogP contribution in [0.1, 0.15) is 31.4 Å². The number of nitrogens with zero attached hydrogens (tertiary/aromatic N) is 3. The van der Waals surface area contributed by atoms with E-state index in [0.717, 1.165) is 16.5 Å². The minimum absolute atomic E-state index is 0.473. The van der Waals surface area contributed by atoms with Crippen molar-refractivity contribution in [3.05, 3.63) is 29.8 Å². The molecule has 0 bridgehead atoms. The van der Waals surface area contributed by atoms with Gasteiger partial charge >= 0.3 is 0 Å². The lowest BCUT2D eigenvalue weighted by atomic mass is 10.0. The Morgan fingerprint density at radius 2 is 2.10 bits per heavy atom. The van der Waals surface area contributed by atoms with Gasteiger partial charge in [-0.05, 0) is 50.7 Å². The van der Waals surface area contributed by atoms with Gasteiger partial charge in [-0.2, -0.15) is 0 Å². The third-order valence-electron chi connectivity index (χ3n) is 3.98. The van der Waals surface area contributed by atoms with Crippen LogP contribution in [0.2, 0.25) is 0 Å². The highest BCUT2D eigenvalue weighted by molar-refractivity contribution is 7.98. The second kappa shape index (κ2) is 5.97. The number of nitrogens with one attached hydrogen (secondary N) is 1. The van der Waals surface area contributed by atoms with Crippen LogP contribution in [0.5, 0.6) is 0 Å². The highest BCUT2D eigenvalue weighted by atomic mass is 32.2. The van der Waals surface area contributed by atoms with E-state index in [-0.39, 0.29) is 0 Å². The second-order valence-electron chi connectivity index (χ2n) is 5.22. The van der Waals surface area contributed by atoms with Crippen molar-refractivity contribution in [2.24, 2.45) is 0 Å². The fraction of sp³-hybridized carbons (Fsp3) is 0.467. The molecule has 0 aliphatic carbocycles. The number of H-pyrrole nitrogens is 1. The molecule has 0 spiro atoms. The first-order valence-electron chi connectivity index (χ1n) is 7.08. The molecule has 1 saturated heterocycles. The summed E-state index contributed by atoms with van der Waals surface area (Å²) < 4.78 is 0. The number of aromatic amines is 1. The first kappa shape index (κ1) is 13.6. The third-order valence-corrected chi connectivity index (χ3v) is 4.53. The lowest BCUT2D eigenvalue weighted by Gasteiger charge is -2.24. The summed E-state index contributed by atoms with van der Waals surface area (Å²) in [6.45, 7) is 4.72. The minimum atomic E-state index is 0.473. The number of hydrogen-bond acceptors (Lipinski definition) is 4. The molecule has 0 amide bonds. The van der Waals surface area contributed by atoms with Gasteiger partial charge in [0, 0.05) is 11.6 Å². The van der Waals surface area contributed by atoms with Gasteiger partial charge in [-0.25, -0.2) is 4.98 Å². The normalized spacial score (nSPS) is 17.5. The van der Waals surface area contributed by atoms with Crippen LogP contribution in [0, 0.1) is 0 Å². The highest BCUT2D eigenvalue weighted by Crippen LogP contribution is 2.27. The number of likely N-dealkylation sites (tertiary alicyclic amines) is 1. The van der Waals surface area contributed by atoms with Crippen LogP contribution in [0.4, 0.5) is 0 Å². The van der Waals surface area contributed by atoms with Crippen LogP contribution >= 0.6 is 11.8 Å². The Kier molecular flexibility index (Phi) is 4.08. The van der Waals surface area contributed by atoms with E-state index in [2.05, 4.69) is 51.3 Å². The Hall–Kier alpha value is -1.33. The van der Waals surface area contributed by atoms with Gasteiger partial charge in [-0.15, -0.1) is 5.10 Å². The summed E-state index contributed by atoms with van der Waals surface area (Å²) in [5.41, 5.74) is 2.47. The van der Waals surface area contributed by atoms with Crippen LogP contribution in [0.3, 0.4) is 0 Å². The Bertz CT molecular complexity index is 575. The molecule has 1 aromatic carbocycles. The van der Waals surface area contributed by atoms with Crippen LogP contribution < -0.4 is 0 Å². The fourth-order valence-corrected chi connectivity index (χ4v) is 3.07. The standard InChI is InChI=1S/C15H20N4S/c1-11(19-8-3-4-9-19)12-6-5-7-13(10-12)14-16-15(20-2)18-17-14/h5-7,10-11H,3-4,8-9H2,1-2H3,(H,16,17,18)/t11-/m0/s1. The van der Waals surface area contributed by atoms with E-state index in [4.69, 9.17) is 0 Å². The zero-order valence-corrected chi connectivity index (χ0v) is 12.8. The highest BCUT2D eigenvalue weighted by Gasteiger charge is 2.19. The number of benzene rings is 1. The van der Waals surface area contributed by atoms with Crippen molar-refractivity contribution in [1.82, 2.24) is 20.1 Å². The van der Waals surface area contributed by atoms with Gasteiger partial charge in [-0.1, -0.05) is 30.0 Å². The molecule has 1 atom stereocenters. The molecule has 2 heterocycles. The van der Waals surface area contributed by atoms with E-state index >= 15 is 0 Å². The molecule has 2 aromatic rings. The molecule has 0 radical (unpaired) electrons. The topological polar surface area (TPSA) is 44.8 Å². The summed E-state index contributed by atoms with van der Waals surface area (Å²) in [6, 6.07) is 9.11. The van der Waals surface area contributed by atoms with E-state index in [0.29, 0.717) is 6.04 Å². The van der Waals surface area contributed by atoms with Gasteiger partial charge in [0.25, 0.3) is 0 Å². The molecule has 5 heteroatoms. The van der Waals surface area contributed by atoms with E-state index < -0.39 is 0 Å². The summed E-state index contributed by atoms with van der Waals surface area (Å²) in [5, 5.41) is 7.98. The average molecular weight is 288 g/mol. The van der Waals surface area contributed by atoms with Crippen molar-refractivity contribution in [2.45, 2.75) is 31.0 Å². The molecule has 1 aliphatic heterocycles. The van der Waals surface area contributed by atoms with E-state index in [1.54, 1.807) is 11.8 Å². The van der Waals surface area contributed by atoms with Crippen molar-refractivity contribution in [3.8, 4) is 11.4 Å². The van der Waals surface area contributed by atoms with Gasteiger partial charge in [0.05, 0.1) is 0 Å². The summed E-state index contributed by atoms with van der Waals surface area (Å²) in [4.78, 5) is 7.03. The molecule has 0 saturated carbocycles. The molecule has 3 rings (SSSR count). The lowest BCUT2D eigenvalue weighted by molar-refractivity contribution is 0.263. The second-order valence-corrected chi connectivity index (χ2v) is 5.99.